The maximum Gasteiger partial charge on any atom is -0.0273 e. The molecule has 0 aliphatic heterocycles. The summed E-state index contributed by atoms with van der Waals surface area (Å²) in [4.78, 5) is 0. The molecule has 0 bridgehead atoms. The van der Waals surface area contributed by atoms with E-state index in [1.165, 1.54) is 51.4 Å². The molecule has 0 fully saturated rings. The van der Waals surface area contributed by atoms with Gasteiger partial charge in [-0.1, -0.05) is 0 Å². The summed E-state index contributed by atoms with van der Waals surface area (Å²) in [6, 6.07) is 0. The SMILES string of the molecule is Cc1c(C)c2c(c3c1CCCC3)CCCC2. The van der Waals surface area contributed by atoms with Crippen molar-refractivity contribution in [1.29, 1.82) is 0 Å². The van der Waals surface area contributed by atoms with Crippen LogP contribution in [-0.2, 0) is 25.7 Å². The Labute approximate surface area is 99.1 Å². The van der Waals surface area contributed by atoms with Gasteiger partial charge in [-0.15, -0.1) is 0 Å². The van der Waals surface area contributed by atoms with Crippen LogP contribution in [0.4, 0.5) is 0 Å². The maximum absolute atomic E-state index is 2.36. The van der Waals surface area contributed by atoms with Crippen LogP contribution in [0.15, 0.2) is 0 Å². The van der Waals surface area contributed by atoms with Gasteiger partial charge in [0.25, 0.3) is 0 Å². The molecule has 0 heterocycles. The van der Waals surface area contributed by atoms with Crippen molar-refractivity contribution in [3.8, 4) is 0 Å². The van der Waals surface area contributed by atoms with Crippen molar-refractivity contribution in [3.05, 3.63) is 33.4 Å². The van der Waals surface area contributed by atoms with E-state index in [0.717, 1.165) is 0 Å². The zero-order valence-corrected chi connectivity index (χ0v) is 10.7. The standard InChI is InChI=1S/C16H22/c1-11-12(2)14-8-4-6-10-16(14)15-9-5-3-7-13(11)15/h3-10H2,1-2H3. The lowest BCUT2D eigenvalue weighted by Gasteiger charge is -2.29. The molecule has 0 aromatic heterocycles. The summed E-state index contributed by atoms with van der Waals surface area (Å²) >= 11 is 0. The molecule has 0 saturated carbocycles. The Hall–Kier alpha value is -0.780. The highest BCUT2D eigenvalue weighted by Crippen LogP contribution is 2.36. The summed E-state index contributed by atoms with van der Waals surface area (Å²) in [6.45, 7) is 4.71. The first-order valence-corrected chi connectivity index (χ1v) is 6.91. The van der Waals surface area contributed by atoms with E-state index in [2.05, 4.69) is 13.8 Å². The third kappa shape index (κ3) is 1.43. The number of hydrogen-bond donors (Lipinski definition) is 0. The van der Waals surface area contributed by atoms with Crippen molar-refractivity contribution in [2.75, 3.05) is 0 Å². The molecule has 2 aliphatic rings. The Kier molecular flexibility index (Phi) is 2.53. The molecule has 1 aromatic carbocycles. The van der Waals surface area contributed by atoms with E-state index >= 15 is 0 Å². The quantitative estimate of drug-likeness (QED) is 0.611. The molecule has 0 atom stereocenters. The molecule has 0 unspecified atom stereocenters. The minimum atomic E-state index is 1.34. The Morgan fingerprint density at radius 2 is 0.812 bits per heavy atom. The monoisotopic (exact) mass is 214 g/mol. The van der Waals surface area contributed by atoms with Gasteiger partial charge in [-0.05, 0) is 98.6 Å². The normalized spacial score (nSPS) is 19.1. The summed E-state index contributed by atoms with van der Waals surface area (Å²) in [6.07, 6.45) is 11.1. The van der Waals surface area contributed by atoms with Gasteiger partial charge in [-0.25, -0.2) is 0 Å². The molecule has 3 rings (SSSR count). The average molecular weight is 214 g/mol. The van der Waals surface area contributed by atoms with Gasteiger partial charge < -0.3 is 0 Å². The first-order chi connectivity index (χ1) is 7.79. The molecule has 0 amide bonds. The van der Waals surface area contributed by atoms with E-state index < -0.39 is 0 Å². The molecule has 16 heavy (non-hydrogen) atoms. The van der Waals surface area contributed by atoms with Gasteiger partial charge in [0.2, 0.25) is 0 Å². The number of fused-ring (bicyclic) bond motifs is 3. The van der Waals surface area contributed by atoms with E-state index in [-0.39, 0.29) is 0 Å². The largest absolute Gasteiger partial charge is 0.0489 e. The molecule has 0 saturated heterocycles. The van der Waals surface area contributed by atoms with Gasteiger partial charge in [0.15, 0.2) is 0 Å². The predicted octanol–water partition coefficient (Wildman–Crippen LogP) is 4.06. The Bertz CT molecular complexity index is 385. The maximum atomic E-state index is 2.36. The summed E-state index contributed by atoms with van der Waals surface area (Å²) < 4.78 is 0. The van der Waals surface area contributed by atoms with Gasteiger partial charge >= 0.3 is 0 Å². The molecular formula is C16H22. The molecule has 86 valence electrons. The van der Waals surface area contributed by atoms with Gasteiger partial charge in [0, 0.05) is 0 Å². The van der Waals surface area contributed by atoms with Gasteiger partial charge in [0.05, 0.1) is 0 Å². The highest BCUT2D eigenvalue weighted by Gasteiger charge is 2.22. The van der Waals surface area contributed by atoms with Crippen molar-refractivity contribution in [2.45, 2.75) is 65.2 Å². The molecule has 0 heteroatoms. The third-order valence-electron chi connectivity index (χ3n) is 4.77. The Balaban J connectivity index is 2.25. The molecule has 0 spiro atoms. The summed E-state index contributed by atoms with van der Waals surface area (Å²) in [5, 5.41) is 0. The first-order valence-electron chi connectivity index (χ1n) is 6.91. The average Bonchev–Trinajstić information content (AvgIpc) is 2.36. The van der Waals surface area contributed by atoms with Gasteiger partial charge in [-0.3, -0.25) is 0 Å². The van der Waals surface area contributed by atoms with Crippen LogP contribution < -0.4 is 0 Å². The fraction of sp³-hybridized carbons (Fsp3) is 0.625. The molecule has 2 aliphatic carbocycles. The minimum absolute atomic E-state index is 1.34. The van der Waals surface area contributed by atoms with E-state index in [0.29, 0.717) is 0 Å². The highest BCUT2D eigenvalue weighted by atomic mass is 14.3. The zero-order chi connectivity index (χ0) is 11.1. The van der Waals surface area contributed by atoms with Crippen LogP contribution in [0.3, 0.4) is 0 Å². The lowest BCUT2D eigenvalue weighted by Crippen LogP contribution is -2.16. The van der Waals surface area contributed by atoms with Crippen molar-refractivity contribution in [2.24, 2.45) is 0 Å². The minimum Gasteiger partial charge on any atom is -0.0489 e. The van der Waals surface area contributed by atoms with E-state index in [1.807, 2.05) is 0 Å². The molecule has 0 nitrogen and oxygen atoms in total. The predicted molar refractivity (Wildman–Crippen MR) is 69.2 cm³/mol. The third-order valence-corrected chi connectivity index (χ3v) is 4.77. The van der Waals surface area contributed by atoms with Crippen LogP contribution in [0, 0.1) is 13.8 Å². The van der Waals surface area contributed by atoms with Crippen molar-refractivity contribution in [3.63, 3.8) is 0 Å². The van der Waals surface area contributed by atoms with Crippen molar-refractivity contribution >= 4 is 0 Å². The summed E-state index contributed by atoms with van der Waals surface area (Å²) in [7, 11) is 0. The summed E-state index contributed by atoms with van der Waals surface area (Å²) in [5.41, 5.74) is 10.2. The van der Waals surface area contributed by atoms with Crippen LogP contribution >= 0.6 is 0 Å². The highest BCUT2D eigenvalue weighted by molar-refractivity contribution is 5.52. The van der Waals surface area contributed by atoms with Crippen LogP contribution in [0.1, 0.15) is 59.1 Å². The topological polar surface area (TPSA) is 0 Å². The molecule has 1 aromatic rings. The Morgan fingerprint density at radius 3 is 1.19 bits per heavy atom. The first kappa shape index (κ1) is 10.4. The smallest absolute Gasteiger partial charge is 0.0273 e. The van der Waals surface area contributed by atoms with E-state index in [9.17, 15) is 0 Å². The van der Waals surface area contributed by atoms with E-state index in [1.54, 1.807) is 33.4 Å². The van der Waals surface area contributed by atoms with Gasteiger partial charge in [-0.2, -0.15) is 0 Å². The Morgan fingerprint density at radius 1 is 0.500 bits per heavy atom. The molecular weight excluding hydrogens is 192 g/mol. The fourth-order valence-electron chi connectivity index (χ4n) is 3.76. The van der Waals surface area contributed by atoms with Crippen LogP contribution in [-0.4, -0.2) is 0 Å². The lowest BCUT2D eigenvalue weighted by atomic mass is 9.76. The fourth-order valence-corrected chi connectivity index (χ4v) is 3.76. The molecule has 0 radical (unpaired) electrons. The second-order valence-corrected chi connectivity index (χ2v) is 5.58. The zero-order valence-electron chi connectivity index (χ0n) is 10.7. The van der Waals surface area contributed by atoms with Gasteiger partial charge in [0.1, 0.15) is 0 Å². The second kappa shape index (κ2) is 3.91. The summed E-state index contributed by atoms with van der Waals surface area (Å²) in [5.74, 6) is 0. The van der Waals surface area contributed by atoms with Crippen molar-refractivity contribution < 1.29 is 0 Å². The molecule has 0 N–H and O–H groups in total. The van der Waals surface area contributed by atoms with Crippen LogP contribution in [0.5, 0.6) is 0 Å². The van der Waals surface area contributed by atoms with E-state index in [4.69, 9.17) is 0 Å². The lowest BCUT2D eigenvalue weighted by molar-refractivity contribution is 0.634. The second-order valence-electron chi connectivity index (χ2n) is 5.58. The number of hydrogen-bond acceptors (Lipinski definition) is 0. The van der Waals surface area contributed by atoms with Crippen LogP contribution in [0.2, 0.25) is 0 Å². The van der Waals surface area contributed by atoms with Crippen LogP contribution in [0.25, 0.3) is 0 Å². The number of benzene rings is 1. The van der Waals surface area contributed by atoms with Crippen molar-refractivity contribution in [1.82, 2.24) is 0 Å². The number of rotatable bonds is 0.